The molecule has 3 nitrogen and oxygen atoms in total. The van der Waals surface area contributed by atoms with Gasteiger partial charge in [0.05, 0.1) is 0 Å². The van der Waals surface area contributed by atoms with Crippen LogP contribution in [0.4, 0.5) is 5.69 Å². The molecule has 5 heteroatoms. The molecule has 1 aromatic rings. The maximum atomic E-state index is 12.1. The first-order valence-electron chi connectivity index (χ1n) is 7.67. The summed E-state index contributed by atoms with van der Waals surface area (Å²) >= 11 is 5.50. The van der Waals surface area contributed by atoms with E-state index in [4.69, 9.17) is 0 Å². The summed E-state index contributed by atoms with van der Waals surface area (Å²) in [5, 5.41) is 6.29. The van der Waals surface area contributed by atoms with Crippen molar-refractivity contribution in [1.82, 2.24) is 5.32 Å². The maximum Gasteiger partial charge on any atom is 0.246 e. The van der Waals surface area contributed by atoms with E-state index in [1.54, 1.807) is 0 Å². The van der Waals surface area contributed by atoms with Crippen LogP contribution in [-0.4, -0.2) is 18.2 Å². The average Bonchev–Trinajstić information content (AvgIpc) is 2.76. The Bertz CT molecular complexity index is 507. The molecule has 0 aromatic heterocycles. The molecule has 116 valence electrons. The molecule has 1 atom stereocenters. The van der Waals surface area contributed by atoms with E-state index in [9.17, 15) is 4.79 Å². The second-order valence-corrected chi connectivity index (χ2v) is 7.29. The minimum Gasteiger partial charge on any atom is -0.324 e. The lowest BCUT2D eigenvalue weighted by Crippen LogP contribution is -2.27. The molecule has 2 N–H and O–H groups in total. The fraction of sp³-hybridized carbons (Fsp3) is 0.562. The summed E-state index contributed by atoms with van der Waals surface area (Å²) in [7, 11) is 0. The average molecular weight is 371 g/mol. The Hall–Kier alpha value is -0.520. The van der Waals surface area contributed by atoms with Gasteiger partial charge in [-0.05, 0) is 53.2 Å². The van der Waals surface area contributed by atoms with Gasteiger partial charge in [0, 0.05) is 20.6 Å². The highest BCUT2D eigenvalue weighted by molar-refractivity contribution is 9.10. The molecule has 0 spiro atoms. The predicted molar refractivity (Wildman–Crippen MR) is 94.1 cm³/mol. The third kappa shape index (κ3) is 4.24. The van der Waals surface area contributed by atoms with Gasteiger partial charge in [-0.3, -0.25) is 4.79 Å². The second kappa shape index (κ2) is 8.20. The first kappa shape index (κ1) is 16.8. The van der Waals surface area contributed by atoms with Crippen molar-refractivity contribution in [3.8, 4) is 0 Å². The first-order chi connectivity index (χ1) is 10.2. The van der Waals surface area contributed by atoms with E-state index in [0.717, 1.165) is 34.4 Å². The van der Waals surface area contributed by atoms with Gasteiger partial charge in [0.15, 0.2) is 0 Å². The number of unbranched alkanes of at least 4 members (excludes halogenated alkanes) is 2. The topological polar surface area (TPSA) is 41.1 Å². The summed E-state index contributed by atoms with van der Waals surface area (Å²) < 4.78 is 1.09. The summed E-state index contributed by atoms with van der Waals surface area (Å²) in [6.07, 6.45) is 4.77. The van der Waals surface area contributed by atoms with Crippen LogP contribution in [0.5, 0.6) is 0 Å². The van der Waals surface area contributed by atoms with Crippen molar-refractivity contribution in [2.24, 2.45) is 0 Å². The summed E-state index contributed by atoms with van der Waals surface area (Å²) in [5.74, 6) is 1.18. The fourth-order valence-electron chi connectivity index (χ4n) is 2.40. The van der Waals surface area contributed by atoms with Gasteiger partial charge in [-0.25, -0.2) is 0 Å². The van der Waals surface area contributed by atoms with Gasteiger partial charge in [0.1, 0.15) is 6.04 Å². The number of carbonyl (C=O) groups excluding carboxylic acids is 1. The molecule has 0 fully saturated rings. The molecular formula is C16H23BrN2OS. The van der Waals surface area contributed by atoms with Gasteiger partial charge in [-0.2, -0.15) is 0 Å². The smallest absolute Gasteiger partial charge is 0.246 e. The summed E-state index contributed by atoms with van der Waals surface area (Å²) in [5.41, 5.74) is 2.01. The van der Waals surface area contributed by atoms with Crippen LogP contribution in [0.1, 0.15) is 51.1 Å². The number of halogens is 1. The number of amides is 1. The van der Waals surface area contributed by atoms with E-state index >= 15 is 0 Å². The van der Waals surface area contributed by atoms with Crippen LogP contribution in [0.2, 0.25) is 0 Å². The zero-order valence-corrected chi connectivity index (χ0v) is 15.1. The number of benzene rings is 1. The number of anilines is 1. The number of fused-ring (bicyclic) bond motifs is 1. The first-order valence-corrected chi connectivity index (χ1v) is 9.45. The van der Waals surface area contributed by atoms with E-state index in [1.165, 1.54) is 24.2 Å². The fourth-order valence-corrected chi connectivity index (χ4v) is 4.07. The molecule has 0 saturated carbocycles. The van der Waals surface area contributed by atoms with Crippen LogP contribution >= 0.6 is 27.7 Å². The van der Waals surface area contributed by atoms with Crippen molar-refractivity contribution >= 4 is 39.3 Å². The Morgan fingerprint density at radius 1 is 1.29 bits per heavy atom. The molecule has 1 aromatic carbocycles. The Kier molecular flexibility index (Phi) is 6.58. The molecule has 21 heavy (non-hydrogen) atoms. The van der Waals surface area contributed by atoms with E-state index in [2.05, 4.69) is 52.5 Å². The number of hydrogen-bond donors (Lipinski definition) is 2. The van der Waals surface area contributed by atoms with Crippen molar-refractivity contribution in [3.05, 3.63) is 22.2 Å². The third-order valence-electron chi connectivity index (χ3n) is 3.54. The Labute approximate surface area is 139 Å². The Morgan fingerprint density at radius 2 is 2.10 bits per heavy atom. The molecule has 1 amide bonds. The number of carbonyl (C=O) groups is 1. The highest BCUT2D eigenvalue weighted by Crippen LogP contribution is 2.39. The number of thioether (sulfide) groups is 1. The minimum atomic E-state index is -0.213. The quantitative estimate of drug-likeness (QED) is 0.513. The Morgan fingerprint density at radius 3 is 2.81 bits per heavy atom. The highest BCUT2D eigenvalue weighted by atomic mass is 79.9. The van der Waals surface area contributed by atoms with Crippen LogP contribution in [0, 0.1) is 0 Å². The molecule has 1 unspecified atom stereocenters. The minimum absolute atomic E-state index is 0.0542. The van der Waals surface area contributed by atoms with Crippen molar-refractivity contribution in [3.63, 3.8) is 0 Å². The van der Waals surface area contributed by atoms with E-state index < -0.39 is 0 Å². The second-order valence-electron chi connectivity index (χ2n) is 5.30. The normalized spacial score (nSPS) is 16.9. The van der Waals surface area contributed by atoms with E-state index in [1.807, 2.05) is 11.8 Å². The molecule has 1 aliphatic heterocycles. The molecule has 0 aliphatic carbocycles. The maximum absolute atomic E-state index is 12.1. The molecule has 0 bridgehead atoms. The summed E-state index contributed by atoms with van der Waals surface area (Å²) in [6, 6.07) is 3.97. The number of hydrogen-bond acceptors (Lipinski definition) is 3. The highest BCUT2D eigenvalue weighted by Gasteiger charge is 2.30. The molecule has 0 saturated heterocycles. The SMILES string of the molecule is CCCCCSc1cc2c(cc1Br)C(NCCC)C(=O)N2. The lowest BCUT2D eigenvalue weighted by molar-refractivity contribution is -0.117. The van der Waals surface area contributed by atoms with E-state index in [-0.39, 0.29) is 11.9 Å². The van der Waals surface area contributed by atoms with Crippen LogP contribution in [-0.2, 0) is 4.79 Å². The van der Waals surface area contributed by atoms with Gasteiger partial charge < -0.3 is 10.6 Å². The zero-order chi connectivity index (χ0) is 15.2. The van der Waals surface area contributed by atoms with Crippen molar-refractivity contribution < 1.29 is 4.79 Å². The molecule has 1 heterocycles. The van der Waals surface area contributed by atoms with Crippen molar-refractivity contribution in [2.75, 3.05) is 17.6 Å². The lowest BCUT2D eigenvalue weighted by atomic mass is 10.1. The largest absolute Gasteiger partial charge is 0.324 e. The Balaban J connectivity index is 2.09. The van der Waals surface area contributed by atoms with Gasteiger partial charge in [0.2, 0.25) is 5.91 Å². The summed E-state index contributed by atoms with van der Waals surface area (Å²) in [6.45, 7) is 5.17. The van der Waals surface area contributed by atoms with Crippen molar-refractivity contribution in [2.45, 2.75) is 50.5 Å². The van der Waals surface area contributed by atoms with Gasteiger partial charge >= 0.3 is 0 Å². The number of nitrogens with one attached hydrogen (secondary N) is 2. The van der Waals surface area contributed by atoms with E-state index in [0.29, 0.717) is 0 Å². The van der Waals surface area contributed by atoms with Crippen LogP contribution in [0.25, 0.3) is 0 Å². The zero-order valence-electron chi connectivity index (χ0n) is 12.7. The summed E-state index contributed by atoms with van der Waals surface area (Å²) in [4.78, 5) is 13.3. The van der Waals surface area contributed by atoms with Gasteiger partial charge in [-0.1, -0.05) is 26.7 Å². The molecular weight excluding hydrogens is 348 g/mol. The third-order valence-corrected chi connectivity index (χ3v) is 5.60. The standard InChI is InChI=1S/C16H23BrN2OS/c1-3-5-6-8-21-14-10-13-11(9-12(14)17)15(16(20)19-13)18-7-4-2/h9-10,15,18H,3-8H2,1-2H3,(H,19,20). The molecule has 2 rings (SSSR count). The molecule has 1 aliphatic rings. The van der Waals surface area contributed by atoms with Gasteiger partial charge in [0.25, 0.3) is 0 Å². The monoisotopic (exact) mass is 370 g/mol. The van der Waals surface area contributed by atoms with Gasteiger partial charge in [-0.15, -0.1) is 11.8 Å². The van der Waals surface area contributed by atoms with Crippen molar-refractivity contribution in [1.29, 1.82) is 0 Å². The van der Waals surface area contributed by atoms with Crippen LogP contribution in [0.3, 0.4) is 0 Å². The predicted octanol–water partition coefficient (Wildman–Crippen LogP) is 4.72. The molecule has 0 radical (unpaired) electrons. The van der Waals surface area contributed by atoms with Crippen LogP contribution in [0.15, 0.2) is 21.5 Å². The number of rotatable bonds is 8. The van der Waals surface area contributed by atoms with Crippen LogP contribution < -0.4 is 10.6 Å². The lowest BCUT2D eigenvalue weighted by Gasteiger charge is -2.12.